The monoisotopic (exact) mass is 303 g/mol. The normalized spacial score (nSPS) is 10.9. The van der Waals surface area contributed by atoms with E-state index in [0.717, 1.165) is 23.4 Å². The van der Waals surface area contributed by atoms with E-state index in [1.165, 1.54) is 5.56 Å². The van der Waals surface area contributed by atoms with Crippen molar-refractivity contribution >= 4 is 11.6 Å². The molecule has 2 nitrogen and oxygen atoms in total. The van der Waals surface area contributed by atoms with E-state index in [4.69, 9.17) is 16.3 Å². The fraction of sp³-hybridized carbons (Fsp3) is 0.333. The molecule has 0 radical (unpaired) electrons. The lowest BCUT2D eigenvalue weighted by atomic mass is 10.1. The van der Waals surface area contributed by atoms with Crippen molar-refractivity contribution in [2.24, 2.45) is 0 Å². The van der Waals surface area contributed by atoms with Gasteiger partial charge in [0.1, 0.15) is 12.4 Å². The predicted molar refractivity (Wildman–Crippen MR) is 88.9 cm³/mol. The molecule has 0 aliphatic heterocycles. The van der Waals surface area contributed by atoms with Gasteiger partial charge in [-0.15, -0.1) is 0 Å². The SMILES string of the molecule is Cc1ccc(Cl)c(OCc2cccc(CNC(C)C)c2)c1. The first-order chi connectivity index (χ1) is 10.0. The largest absolute Gasteiger partial charge is 0.487 e. The van der Waals surface area contributed by atoms with Gasteiger partial charge >= 0.3 is 0 Å². The molecule has 3 heteroatoms. The summed E-state index contributed by atoms with van der Waals surface area (Å²) in [5.41, 5.74) is 3.56. The standard InChI is InChI=1S/C18H22ClNO/c1-13(2)20-11-15-5-4-6-16(10-15)12-21-18-9-14(3)7-8-17(18)19/h4-10,13,20H,11-12H2,1-3H3. The highest BCUT2D eigenvalue weighted by molar-refractivity contribution is 6.32. The highest BCUT2D eigenvalue weighted by atomic mass is 35.5. The Hall–Kier alpha value is -1.51. The zero-order valence-electron chi connectivity index (χ0n) is 12.8. The van der Waals surface area contributed by atoms with Crippen LogP contribution in [0.5, 0.6) is 5.75 Å². The summed E-state index contributed by atoms with van der Waals surface area (Å²) in [6.45, 7) is 7.72. The van der Waals surface area contributed by atoms with Crippen molar-refractivity contribution in [3.05, 3.63) is 64.2 Å². The van der Waals surface area contributed by atoms with Crippen LogP contribution in [0, 0.1) is 6.92 Å². The van der Waals surface area contributed by atoms with Gasteiger partial charge in [0.25, 0.3) is 0 Å². The zero-order valence-corrected chi connectivity index (χ0v) is 13.6. The summed E-state index contributed by atoms with van der Waals surface area (Å²) in [6.07, 6.45) is 0. The third-order valence-electron chi connectivity index (χ3n) is 3.19. The van der Waals surface area contributed by atoms with E-state index < -0.39 is 0 Å². The third kappa shape index (κ3) is 5.07. The minimum absolute atomic E-state index is 0.482. The molecule has 0 atom stereocenters. The van der Waals surface area contributed by atoms with Gasteiger partial charge in [0.2, 0.25) is 0 Å². The van der Waals surface area contributed by atoms with Gasteiger partial charge in [-0.05, 0) is 35.7 Å². The fourth-order valence-corrected chi connectivity index (χ4v) is 2.21. The van der Waals surface area contributed by atoms with Gasteiger partial charge in [0, 0.05) is 12.6 Å². The molecule has 2 rings (SSSR count). The first kappa shape index (κ1) is 15.9. The van der Waals surface area contributed by atoms with Gasteiger partial charge < -0.3 is 10.1 Å². The molecule has 0 saturated heterocycles. The third-order valence-corrected chi connectivity index (χ3v) is 3.50. The molecule has 0 aromatic heterocycles. The van der Waals surface area contributed by atoms with E-state index >= 15 is 0 Å². The Balaban J connectivity index is 1.99. The Morgan fingerprint density at radius 2 is 1.86 bits per heavy atom. The van der Waals surface area contributed by atoms with Crippen molar-refractivity contribution in [3.8, 4) is 5.75 Å². The van der Waals surface area contributed by atoms with Crippen LogP contribution < -0.4 is 10.1 Å². The maximum atomic E-state index is 6.14. The first-order valence-electron chi connectivity index (χ1n) is 7.25. The number of aryl methyl sites for hydroxylation is 1. The molecular weight excluding hydrogens is 282 g/mol. The summed E-state index contributed by atoms with van der Waals surface area (Å²) >= 11 is 6.14. The topological polar surface area (TPSA) is 21.3 Å². The van der Waals surface area contributed by atoms with Crippen molar-refractivity contribution in [1.82, 2.24) is 5.32 Å². The molecule has 0 aliphatic rings. The molecule has 0 heterocycles. The number of hydrogen-bond acceptors (Lipinski definition) is 2. The first-order valence-corrected chi connectivity index (χ1v) is 7.62. The minimum atomic E-state index is 0.482. The average molecular weight is 304 g/mol. The van der Waals surface area contributed by atoms with Crippen LogP contribution >= 0.6 is 11.6 Å². The van der Waals surface area contributed by atoms with E-state index in [9.17, 15) is 0 Å². The molecule has 0 bridgehead atoms. The Bertz CT molecular complexity index is 596. The Morgan fingerprint density at radius 3 is 2.62 bits per heavy atom. The van der Waals surface area contributed by atoms with E-state index in [1.54, 1.807) is 0 Å². The summed E-state index contributed by atoms with van der Waals surface area (Å²) in [4.78, 5) is 0. The van der Waals surface area contributed by atoms with Gasteiger partial charge in [-0.3, -0.25) is 0 Å². The summed E-state index contributed by atoms with van der Waals surface area (Å²) in [7, 11) is 0. The summed E-state index contributed by atoms with van der Waals surface area (Å²) in [5.74, 6) is 0.738. The van der Waals surface area contributed by atoms with Gasteiger partial charge in [-0.1, -0.05) is 55.8 Å². The van der Waals surface area contributed by atoms with Gasteiger partial charge in [-0.2, -0.15) is 0 Å². The number of ether oxygens (including phenoxy) is 1. The van der Waals surface area contributed by atoms with Gasteiger partial charge in [-0.25, -0.2) is 0 Å². The lowest BCUT2D eigenvalue weighted by molar-refractivity contribution is 0.306. The summed E-state index contributed by atoms with van der Waals surface area (Å²) in [6, 6.07) is 14.7. The molecular formula is C18H22ClNO. The quantitative estimate of drug-likeness (QED) is 0.833. The lowest BCUT2D eigenvalue weighted by Gasteiger charge is -2.11. The molecule has 0 unspecified atom stereocenters. The molecule has 0 amide bonds. The number of benzene rings is 2. The lowest BCUT2D eigenvalue weighted by Crippen LogP contribution is -2.21. The molecule has 0 aliphatic carbocycles. The molecule has 1 N–H and O–H groups in total. The highest BCUT2D eigenvalue weighted by Crippen LogP contribution is 2.26. The summed E-state index contributed by atoms with van der Waals surface area (Å²) in [5, 5.41) is 4.07. The van der Waals surface area contributed by atoms with Crippen LogP contribution in [0.4, 0.5) is 0 Å². The molecule has 21 heavy (non-hydrogen) atoms. The number of hydrogen-bond donors (Lipinski definition) is 1. The van der Waals surface area contributed by atoms with Crippen LogP contribution in [0.25, 0.3) is 0 Å². The molecule has 0 saturated carbocycles. The second-order valence-electron chi connectivity index (χ2n) is 5.58. The predicted octanol–water partition coefficient (Wildman–Crippen LogP) is 4.73. The summed E-state index contributed by atoms with van der Waals surface area (Å²) < 4.78 is 5.83. The highest BCUT2D eigenvalue weighted by Gasteiger charge is 2.03. The molecule has 2 aromatic carbocycles. The van der Waals surface area contributed by atoms with Gasteiger partial charge in [0.15, 0.2) is 0 Å². The minimum Gasteiger partial charge on any atom is -0.487 e. The maximum absolute atomic E-state index is 6.14. The van der Waals surface area contributed by atoms with Gasteiger partial charge in [0.05, 0.1) is 5.02 Å². The van der Waals surface area contributed by atoms with Crippen LogP contribution in [-0.4, -0.2) is 6.04 Å². The van der Waals surface area contributed by atoms with Crippen LogP contribution in [0.15, 0.2) is 42.5 Å². The number of rotatable bonds is 6. The fourth-order valence-electron chi connectivity index (χ4n) is 2.03. The second-order valence-corrected chi connectivity index (χ2v) is 5.99. The molecule has 0 spiro atoms. The van der Waals surface area contributed by atoms with E-state index in [-0.39, 0.29) is 0 Å². The van der Waals surface area contributed by atoms with E-state index in [1.807, 2.05) is 25.1 Å². The molecule has 112 valence electrons. The van der Waals surface area contributed by atoms with Crippen molar-refractivity contribution in [1.29, 1.82) is 0 Å². The Labute approximate surface area is 132 Å². The Kier molecular flexibility index (Phi) is 5.66. The second kappa shape index (κ2) is 7.48. The average Bonchev–Trinajstić information content (AvgIpc) is 2.46. The van der Waals surface area contributed by atoms with Crippen LogP contribution in [0.1, 0.15) is 30.5 Å². The van der Waals surface area contributed by atoms with Crippen LogP contribution in [0.3, 0.4) is 0 Å². The number of nitrogens with one attached hydrogen (secondary N) is 1. The van der Waals surface area contributed by atoms with Crippen LogP contribution in [0.2, 0.25) is 5.02 Å². The van der Waals surface area contributed by atoms with Crippen molar-refractivity contribution in [3.63, 3.8) is 0 Å². The van der Waals surface area contributed by atoms with Crippen molar-refractivity contribution in [2.45, 2.75) is 40.0 Å². The van der Waals surface area contributed by atoms with Crippen LogP contribution in [-0.2, 0) is 13.2 Å². The van der Waals surface area contributed by atoms with Crippen molar-refractivity contribution < 1.29 is 4.74 Å². The zero-order chi connectivity index (χ0) is 15.2. The van der Waals surface area contributed by atoms with E-state index in [2.05, 4.69) is 43.4 Å². The molecule has 0 fully saturated rings. The smallest absolute Gasteiger partial charge is 0.138 e. The van der Waals surface area contributed by atoms with Crippen molar-refractivity contribution in [2.75, 3.05) is 0 Å². The molecule has 2 aromatic rings. The Morgan fingerprint density at radius 1 is 1.10 bits per heavy atom. The number of halogens is 1. The maximum Gasteiger partial charge on any atom is 0.138 e. The van der Waals surface area contributed by atoms with E-state index in [0.29, 0.717) is 17.7 Å².